The summed E-state index contributed by atoms with van der Waals surface area (Å²) in [4.78, 5) is 0. The predicted octanol–water partition coefficient (Wildman–Crippen LogP) is 0.594. The van der Waals surface area contributed by atoms with Crippen molar-refractivity contribution in [3.8, 4) is 0 Å². The van der Waals surface area contributed by atoms with Gasteiger partial charge in [0.05, 0.1) is 0 Å². The maximum atomic E-state index is 3.61. The van der Waals surface area contributed by atoms with Gasteiger partial charge in [0.15, 0.2) is 0 Å². The van der Waals surface area contributed by atoms with Crippen LogP contribution in [0.5, 0.6) is 0 Å². The Balaban J connectivity index is 1.53. The third kappa shape index (κ3) is 1.74. The average Bonchev–Trinajstić information content (AvgIpc) is 1.80. The molecule has 1 saturated heterocycles. The van der Waals surface area contributed by atoms with Crippen LogP contribution in [-0.2, 0) is 0 Å². The molecule has 2 nitrogen and oxygen atoms in total. The van der Waals surface area contributed by atoms with E-state index >= 15 is 0 Å². The Morgan fingerprint density at radius 2 is 2.09 bits per heavy atom. The van der Waals surface area contributed by atoms with E-state index in [-0.39, 0.29) is 0 Å². The smallest absolute Gasteiger partial charge is 0.00722 e. The SMILES string of the molecule is CC1CC(NCC2CNC2)C1. The largest absolute Gasteiger partial charge is 0.316 e. The maximum absolute atomic E-state index is 3.61. The molecular formula is C9H18N2. The molecule has 0 aromatic heterocycles. The molecule has 0 amide bonds. The van der Waals surface area contributed by atoms with Gasteiger partial charge in [0.25, 0.3) is 0 Å². The van der Waals surface area contributed by atoms with Crippen LogP contribution in [0.15, 0.2) is 0 Å². The van der Waals surface area contributed by atoms with E-state index in [9.17, 15) is 0 Å². The minimum atomic E-state index is 0.852. The maximum Gasteiger partial charge on any atom is 0.00722 e. The van der Waals surface area contributed by atoms with Crippen molar-refractivity contribution in [1.82, 2.24) is 10.6 Å². The van der Waals surface area contributed by atoms with Gasteiger partial charge in [-0.25, -0.2) is 0 Å². The van der Waals surface area contributed by atoms with Crippen molar-refractivity contribution < 1.29 is 0 Å². The first-order valence-corrected chi connectivity index (χ1v) is 4.78. The molecule has 0 spiro atoms. The zero-order valence-electron chi connectivity index (χ0n) is 7.27. The fourth-order valence-electron chi connectivity index (χ4n) is 1.90. The van der Waals surface area contributed by atoms with Gasteiger partial charge in [-0.1, -0.05) is 6.92 Å². The summed E-state index contributed by atoms with van der Waals surface area (Å²) in [6, 6.07) is 0.852. The number of hydrogen-bond acceptors (Lipinski definition) is 2. The number of rotatable bonds is 3. The van der Waals surface area contributed by atoms with Gasteiger partial charge in [-0.05, 0) is 24.7 Å². The second-order valence-electron chi connectivity index (χ2n) is 4.21. The third-order valence-electron chi connectivity index (χ3n) is 2.94. The van der Waals surface area contributed by atoms with Crippen molar-refractivity contribution >= 4 is 0 Å². The molecule has 11 heavy (non-hydrogen) atoms. The van der Waals surface area contributed by atoms with Gasteiger partial charge in [-0.15, -0.1) is 0 Å². The lowest BCUT2D eigenvalue weighted by molar-refractivity contribution is 0.217. The van der Waals surface area contributed by atoms with Gasteiger partial charge < -0.3 is 10.6 Å². The highest BCUT2D eigenvalue weighted by Gasteiger charge is 2.26. The van der Waals surface area contributed by atoms with Crippen molar-refractivity contribution in [2.75, 3.05) is 19.6 Å². The first-order valence-electron chi connectivity index (χ1n) is 4.78. The van der Waals surface area contributed by atoms with Gasteiger partial charge in [0.2, 0.25) is 0 Å². The average molecular weight is 154 g/mol. The summed E-state index contributed by atoms with van der Waals surface area (Å²) in [5.74, 6) is 1.90. The van der Waals surface area contributed by atoms with Gasteiger partial charge in [0, 0.05) is 25.7 Å². The van der Waals surface area contributed by atoms with Gasteiger partial charge in [-0.3, -0.25) is 0 Å². The van der Waals surface area contributed by atoms with Crippen LogP contribution in [0.1, 0.15) is 19.8 Å². The molecule has 0 atom stereocenters. The molecule has 64 valence electrons. The summed E-state index contributed by atoms with van der Waals surface area (Å²) in [6.45, 7) is 6.04. The zero-order valence-corrected chi connectivity index (χ0v) is 7.27. The van der Waals surface area contributed by atoms with Crippen LogP contribution in [0, 0.1) is 11.8 Å². The Labute approximate surface area is 68.7 Å². The summed E-state index contributed by atoms with van der Waals surface area (Å²) in [5.41, 5.74) is 0. The van der Waals surface area contributed by atoms with E-state index < -0.39 is 0 Å². The number of hydrogen-bond donors (Lipinski definition) is 2. The number of nitrogens with one attached hydrogen (secondary N) is 2. The monoisotopic (exact) mass is 154 g/mol. The Bertz CT molecular complexity index is 126. The summed E-state index contributed by atoms with van der Waals surface area (Å²) < 4.78 is 0. The molecule has 1 aliphatic carbocycles. The van der Waals surface area contributed by atoms with Crippen LogP contribution in [0.3, 0.4) is 0 Å². The predicted molar refractivity (Wildman–Crippen MR) is 46.5 cm³/mol. The molecule has 2 fully saturated rings. The molecule has 1 aliphatic heterocycles. The van der Waals surface area contributed by atoms with Crippen LogP contribution in [0.2, 0.25) is 0 Å². The van der Waals surface area contributed by atoms with Crippen LogP contribution >= 0.6 is 0 Å². The second-order valence-corrected chi connectivity index (χ2v) is 4.21. The van der Waals surface area contributed by atoms with Crippen molar-refractivity contribution in [2.45, 2.75) is 25.8 Å². The summed E-state index contributed by atoms with van der Waals surface area (Å²) in [5, 5.41) is 6.90. The first kappa shape index (κ1) is 7.56. The van der Waals surface area contributed by atoms with E-state index in [0.29, 0.717) is 0 Å². The molecular weight excluding hydrogens is 136 g/mol. The van der Waals surface area contributed by atoms with E-state index in [4.69, 9.17) is 0 Å². The summed E-state index contributed by atoms with van der Waals surface area (Å²) >= 11 is 0. The summed E-state index contributed by atoms with van der Waals surface area (Å²) in [6.07, 6.45) is 2.81. The molecule has 0 radical (unpaired) electrons. The molecule has 2 N–H and O–H groups in total. The fraction of sp³-hybridized carbons (Fsp3) is 1.00. The molecule has 2 aliphatic rings. The van der Waals surface area contributed by atoms with E-state index in [2.05, 4.69) is 17.6 Å². The van der Waals surface area contributed by atoms with E-state index in [0.717, 1.165) is 17.9 Å². The third-order valence-corrected chi connectivity index (χ3v) is 2.94. The van der Waals surface area contributed by atoms with Gasteiger partial charge in [0.1, 0.15) is 0 Å². The standard InChI is InChI=1S/C9H18N2/c1-7-2-9(3-7)11-6-8-4-10-5-8/h7-11H,2-6H2,1H3. The molecule has 2 rings (SSSR count). The minimum Gasteiger partial charge on any atom is -0.316 e. The summed E-state index contributed by atoms with van der Waals surface area (Å²) in [7, 11) is 0. The Kier molecular flexibility index (Phi) is 2.14. The Morgan fingerprint density at radius 1 is 1.36 bits per heavy atom. The van der Waals surface area contributed by atoms with Crippen molar-refractivity contribution in [3.05, 3.63) is 0 Å². The van der Waals surface area contributed by atoms with E-state index in [1.165, 1.54) is 32.5 Å². The van der Waals surface area contributed by atoms with Crippen molar-refractivity contribution in [3.63, 3.8) is 0 Å². The molecule has 0 aromatic carbocycles. The highest BCUT2D eigenvalue weighted by Crippen LogP contribution is 2.26. The lowest BCUT2D eigenvalue weighted by Crippen LogP contribution is -2.51. The van der Waals surface area contributed by atoms with Gasteiger partial charge in [-0.2, -0.15) is 0 Å². The highest BCUT2D eigenvalue weighted by atomic mass is 15.0. The topological polar surface area (TPSA) is 24.1 Å². The molecule has 0 bridgehead atoms. The highest BCUT2D eigenvalue weighted by molar-refractivity contribution is 4.85. The Morgan fingerprint density at radius 3 is 2.55 bits per heavy atom. The van der Waals surface area contributed by atoms with Gasteiger partial charge >= 0.3 is 0 Å². The molecule has 0 aromatic rings. The van der Waals surface area contributed by atoms with Crippen molar-refractivity contribution in [2.24, 2.45) is 11.8 Å². The lowest BCUT2D eigenvalue weighted by atomic mass is 9.81. The molecule has 0 unspecified atom stereocenters. The molecule has 2 heteroatoms. The Hall–Kier alpha value is -0.0800. The zero-order chi connectivity index (χ0) is 7.68. The lowest BCUT2D eigenvalue weighted by Gasteiger charge is -2.36. The van der Waals surface area contributed by atoms with E-state index in [1.807, 2.05) is 0 Å². The molecule has 1 heterocycles. The van der Waals surface area contributed by atoms with Crippen LogP contribution < -0.4 is 10.6 Å². The first-order chi connectivity index (χ1) is 5.34. The van der Waals surface area contributed by atoms with E-state index in [1.54, 1.807) is 0 Å². The quantitative estimate of drug-likeness (QED) is 0.622. The second kappa shape index (κ2) is 3.11. The minimum absolute atomic E-state index is 0.852. The van der Waals surface area contributed by atoms with Crippen molar-refractivity contribution in [1.29, 1.82) is 0 Å². The van der Waals surface area contributed by atoms with Crippen LogP contribution in [-0.4, -0.2) is 25.7 Å². The molecule has 1 saturated carbocycles. The fourth-order valence-corrected chi connectivity index (χ4v) is 1.90. The van der Waals surface area contributed by atoms with Crippen LogP contribution in [0.25, 0.3) is 0 Å². The normalized spacial score (nSPS) is 37.9. The van der Waals surface area contributed by atoms with Crippen LogP contribution in [0.4, 0.5) is 0 Å².